The highest BCUT2D eigenvalue weighted by atomic mass is 35.5. The fourth-order valence-corrected chi connectivity index (χ4v) is 2.62. The Morgan fingerprint density at radius 2 is 1.52 bits per heavy atom. The topological polar surface area (TPSA) is 17.8 Å². The molecular weight excluding hydrogens is 327 g/mol. The largest absolute Gasteiger partial charge is 0.309 e. The maximum atomic E-state index is 6.29. The van der Waals surface area contributed by atoms with Crippen LogP contribution >= 0.6 is 34.8 Å². The second-order valence-electron chi connectivity index (χ2n) is 4.60. The maximum Gasteiger partial charge on any atom is 0.166 e. The van der Waals surface area contributed by atoms with E-state index in [1.54, 1.807) is 0 Å². The van der Waals surface area contributed by atoms with Crippen LogP contribution in [0.3, 0.4) is 0 Å². The highest BCUT2D eigenvalue weighted by Crippen LogP contribution is 2.30. The first kappa shape index (κ1) is 14.5. The van der Waals surface area contributed by atoms with E-state index in [1.165, 1.54) is 0 Å². The first-order valence-electron chi connectivity index (χ1n) is 6.36. The summed E-state index contributed by atoms with van der Waals surface area (Å²) in [6.45, 7) is 0.608. The lowest BCUT2D eigenvalue weighted by molar-refractivity contribution is 0.808. The Balaban J connectivity index is 2.05. The highest BCUT2D eigenvalue weighted by Gasteiger charge is 2.15. The normalized spacial score (nSPS) is 10.8. The third-order valence-electron chi connectivity index (χ3n) is 3.15. The lowest BCUT2D eigenvalue weighted by atomic mass is 10.2. The third-order valence-corrected chi connectivity index (χ3v) is 4.15. The number of benzene rings is 2. The molecule has 0 aliphatic heterocycles. The predicted octanol–water partition coefficient (Wildman–Crippen LogP) is 5.56. The van der Waals surface area contributed by atoms with Crippen LogP contribution in [-0.2, 0) is 6.54 Å². The molecule has 0 aliphatic carbocycles. The average molecular weight is 338 g/mol. The van der Waals surface area contributed by atoms with E-state index in [0.717, 1.165) is 17.0 Å². The number of hydrogen-bond donors (Lipinski definition) is 0. The van der Waals surface area contributed by atoms with Gasteiger partial charge in [0.15, 0.2) is 5.15 Å². The van der Waals surface area contributed by atoms with Crippen LogP contribution in [-0.4, -0.2) is 9.55 Å². The van der Waals surface area contributed by atoms with Gasteiger partial charge in [-0.15, -0.1) is 0 Å². The summed E-state index contributed by atoms with van der Waals surface area (Å²) in [5, 5.41) is 1.42. The van der Waals surface area contributed by atoms with Crippen molar-refractivity contribution in [3.05, 3.63) is 75.5 Å². The fourth-order valence-electron chi connectivity index (χ4n) is 2.13. The van der Waals surface area contributed by atoms with Crippen LogP contribution in [0.4, 0.5) is 0 Å². The monoisotopic (exact) mass is 336 g/mol. The van der Waals surface area contributed by atoms with E-state index in [4.69, 9.17) is 34.8 Å². The number of hydrogen-bond acceptors (Lipinski definition) is 1. The van der Waals surface area contributed by atoms with Crippen molar-refractivity contribution in [1.82, 2.24) is 9.55 Å². The molecule has 0 unspecified atom stereocenters. The Kier molecular flexibility index (Phi) is 4.20. The minimum absolute atomic E-state index is 0.303. The molecule has 0 radical (unpaired) electrons. The molecule has 21 heavy (non-hydrogen) atoms. The molecule has 0 saturated heterocycles. The third kappa shape index (κ3) is 3.08. The SMILES string of the molecule is Clc1ccc(-c2nc(Cl)c(Cl)n2Cc2ccccc2)cc1. The van der Waals surface area contributed by atoms with Crippen molar-refractivity contribution in [2.24, 2.45) is 0 Å². The zero-order valence-corrected chi connectivity index (χ0v) is 13.2. The standard InChI is InChI=1S/C16H11Cl3N2/c17-13-8-6-12(7-9-13)16-20-14(18)15(19)21(16)10-11-4-2-1-3-5-11/h1-9H,10H2. The summed E-state index contributed by atoms with van der Waals surface area (Å²) in [5.74, 6) is 0.727. The molecule has 0 fully saturated rings. The molecule has 0 N–H and O–H groups in total. The smallest absolute Gasteiger partial charge is 0.166 e. The average Bonchev–Trinajstić information content (AvgIpc) is 2.78. The zero-order chi connectivity index (χ0) is 14.8. The van der Waals surface area contributed by atoms with Gasteiger partial charge in [-0.1, -0.05) is 65.1 Å². The second-order valence-corrected chi connectivity index (χ2v) is 5.75. The molecule has 0 spiro atoms. The number of rotatable bonds is 3. The van der Waals surface area contributed by atoms with Crippen LogP contribution in [0, 0.1) is 0 Å². The van der Waals surface area contributed by atoms with Crippen LogP contribution in [0.1, 0.15) is 5.56 Å². The van der Waals surface area contributed by atoms with Crippen molar-refractivity contribution in [1.29, 1.82) is 0 Å². The van der Waals surface area contributed by atoms with E-state index in [9.17, 15) is 0 Å². The summed E-state index contributed by atoms with van der Waals surface area (Å²) in [5.41, 5.74) is 2.05. The van der Waals surface area contributed by atoms with Crippen LogP contribution < -0.4 is 0 Å². The fraction of sp³-hybridized carbons (Fsp3) is 0.0625. The van der Waals surface area contributed by atoms with Crippen LogP contribution in [0.15, 0.2) is 54.6 Å². The van der Waals surface area contributed by atoms with Crippen LogP contribution in [0.25, 0.3) is 11.4 Å². The maximum absolute atomic E-state index is 6.29. The van der Waals surface area contributed by atoms with Crippen molar-refractivity contribution in [3.8, 4) is 11.4 Å². The molecule has 106 valence electrons. The first-order valence-corrected chi connectivity index (χ1v) is 7.50. The molecule has 3 rings (SSSR count). The van der Waals surface area contributed by atoms with Crippen molar-refractivity contribution >= 4 is 34.8 Å². The van der Waals surface area contributed by atoms with Gasteiger partial charge in [0.1, 0.15) is 11.0 Å². The van der Waals surface area contributed by atoms with E-state index >= 15 is 0 Å². The van der Waals surface area contributed by atoms with Gasteiger partial charge in [-0.2, -0.15) is 0 Å². The lowest BCUT2D eigenvalue weighted by Crippen LogP contribution is -2.02. The molecule has 2 aromatic carbocycles. The van der Waals surface area contributed by atoms with Gasteiger partial charge >= 0.3 is 0 Å². The molecular formula is C16H11Cl3N2. The summed E-state index contributed by atoms with van der Waals surface area (Å²) in [4.78, 5) is 4.36. The Labute approximate surface area is 137 Å². The van der Waals surface area contributed by atoms with Crippen molar-refractivity contribution in [2.75, 3.05) is 0 Å². The van der Waals surface area contributed by atoms with Crippen LogP contribution in [0.5, 0.6) is 0 Å². The van der Waals surface area contributed by atoms with Gasteiger partial charge in [0, 0.05) is 10.6 Å². The van der Waals surface area contributed by atoms with E-state index in [-0.39, 0.29) is 0 Å². The Hall–Kier alpha value is -1.48. The summed E-state index contributed by atoms with van der Waals surface area (Å²) in [6, 6.07) is 17.5. The van der Waals surface area contributed by atoms with Crippen LogP contribution in [0.2, 0.25) is 15.3 Å². The van der Waals surface area contributed by atoms with Gasteiger partial charge < -0.3 is 4.57 Å². The number of imidazole rings is 1. The quantitative estimate of drug-likeness (QED) is 0.612. The zero-order valence-electron chi connectivity index (χ0n) is 10.9. The van der Waals surface area contributed by atoms with E-state index < -0.39 is 0 Å². The molecule has 1 aromatic heterocycles. The minimum Gasteiger partial charge on any atom is -0.309 e. The Morgan fingerprint density at radius 1 is 0.857 bits per heavy atom. The van der Waals surface area contributed by atoms with Crippen molar-refractivity contribution < 1.29 is 0 Å². The van der Waals surface area contributed by atoms with E-state index in [1.807, 2.05) is 59.2 Å². The van der Waals surface area contributed by atoms with Gasteiger partial charge in [0.25, 0.3) is 0 Å². The van der Waals surface area contributed by atoms with Crippen molar-refractivity contribution in [3.63, 3.8) is 0 Å². The van der Waals surface area contributed by atoms with Gasteiger partial charge in [-0.05, 0) is 29.8 Å². The van der Waals surface area contributed by atoms with Gasteiger partial charge in [0.2, 0.25) is 0 Å². The summed E-state index contributed by atoms with van der Waals surface area (Å²) in [6.07, 6.45) is 0. The summed E-state index contributed by atoms with van der Waals surface area (Å²) in [7, 11) is 0. The van der Waals surface area contributed by atoms with E-state index in [0.29, 0.717) is 21.9 Å². The molecule has 0 atom stereocenters. The number of aromatic nitrogens is 2. The lowest BCUT2D eigenvalue weighted by Gasteiger charge is -2.09. The van der Waals surface area contributed by atoms with Crippen molar-refractivity contribution in [2.45, 2.75) is 6.54 Å². The molecule has 0 saturated carbocycles. The van der Waals surface area contributed by atoms with E-state index in [2.05, 4.69) is 4.98 Å². The minimum atomic E-state index is 0.303. The first-order chi connectivity index (χ1) is 10.1. The summed E-state index contributed by atoms with van der Waals surface area (Å²) < 4.78 is 1.89. The Morgan fingerprint density at radius 3 is 2.19 bits per heavy atom. The molecule has 0 amide bonds. The second kappa shape index (κ2) is 6.10. The molecule has 3 aromatic rings. The molecule has 0 aliphatic rings. The molecule has 1 heterocycles. The highest BCUT2D eigenvalue weighted by molar-refractivity contribution is 6.40. The summed E-state index contributed by atoms with van der Waals surface area (Å²) >= 11 is 18.3. The van der Waals surface area contributed by atoms with Gasteiger partial charge in [-0.25, -0.2) is 4.98 Å². The van der Waals surface area contributed by atoms with Gasteiger partial charge in [-0.3, -0.25) is 0 Å². The molecule has 2 nitrogen and oxygen atoms in total. The Bertz CT molecular complexity index is 749. The number of nitrogens with zero attached hydrogens (tertiary/aromatic N) is 2. The predicted molar refractivity (Wildman–Crippen MR) is 88.2 cm³/mol. The number of halogens is 3. The van der Waals surface area contributed by atoms with Gasteiger partial charge in [0.05, 0.1) is 6.54 Å². The molecule has 5 heteroatoms. The molecule has 0 bridgehead atoms.